The third-order valence-electron chi connectivity index (χ3n) is 2.76. The van der Waals surface area contributed by atoms with Gasteiger partial charge in [-0.15, -0.1) is 0 Å². The van der Waals surface area contributed by atoms with Crippen molar-refractivity contribution < 1.29 is 39.6 Å². The van der Waals surface area contributed by atoms with Crippen LogP contribution in [-0.4, -0.2) is 16.3 Å². The summed E-state index contributed by atoms with van der Waals surface area (Å²) in [5.41, 5.74) is 0.905. The predicted molar refractivity (Wildman–Crippen MR) is 81.7 cm³/mol. The molecular weight excluding hydrogens is 373 g/mol. The number of benzene rings is 1. The van der Waals surface area contributed by atoms with Gasteiger partial charge in [-0.1, -0.05) is 12.1 Å². The zero-order chi connectivity index (χ0) is 19.2. The molecule has 0 saturated heterocycles. The van der Waals surface area contributed by atoms with Gasteiger partial charge in [-0.2, -0.15) is 0 Å². The van der Waals surface area contributed by atoms with Crippen LogP contribution in [0.3, 0.4) is 0 Å². The van der Waals surface area contributed by atoms with Gasteiger partial charge in [0.15, 0.2) is 0 Å². The number of aromatic nitrogens is 2. The molecule has 0 fully saturated rings. The van der Waals surface area contributed by atoms with E-state index in [0.717, 1.165) is 24.3 Å². The first-order valence-electron chi connectivity index (χ1n) is 7.13. The van der Waals surface area contributed by atoms with Crippen LogP contribution in [-0.2, 0) is 20.2 Å². The van der Waals surface area contributed by atoms with E-state index in [1.54, 1.807) is 0 Å². The molecule has 2 rings (SSSR count). The van der Waals surface area contributed by atoms with Crippen LogP contribution in [0.5, 0.6) is 5.75 Å². The van der Waals surface area contributed by atoms with Crippen LogP contribution in [0.2, 0.25) is 0 Å². The molecule has 0 saturated carbocycles. The fourth-order valence-electron chi connectivity index (χ4n) is 1.76. The zero-order valence-electron chi connectivity index (χ0n) is 13.3. The maximum atomic E-state index is 9.87. The molecule has 0 aliphatic rings. The number of ether oxygens (including phenoxy) is 1. The Morgan fingerprint density at radius 3 is 2.08 bits per heavy atom. The Labute approximate surface area is 140 Å². The van der Waals surface area contributed by atoms with Gasteiger partial charge in [0.05, 0.1) is 26.8 Å². The number of imidazole rings is 1. The standard InChI is InChI=1S/C14H19N2O2.F6P/c1-15-8-9-16(12-15)7-2-10-18-14-5-3-13(11-17)4-6-14;1-7(2,3,4,5)6/h3-6,8-9,12,17H,2,7,10-11H2,1H3;/q+1;-1. The number of nitrogens with zero attached hydrogens (tertiary/aromatic N) is 2. The number of aliphatic hydroxyl groups excluding tert-OH is 1. The van der Waals surface area contributed by atoms with Crippen molar-refractivity contribution in [2.75, 3.05) is 6.61 Å². The van der Waals surface area contributed by atoms with E-state index in [1.807, 2.05) is 42.1 Å². The number of halogens is 6. The third-order valence-corrected chi connectivity index (χ3v) is 2.76. The number of rotatable bonds is 6. The molecule has 0 unspecified atom stereocenters. The summed E-state index contributed by atoms with van der Waals surface area (Å²) in [7, 11) is -8.65. The van der Waals surface area contributed by atoms with Gasteiger partial charge >= 0.3 is 33.0 Å². The minimum atomic E-state index is -10.7. The minimum absolute atomic E-state index is 0.0743. The molecule has 25 heavy (non-hydrogen) atoms. The molecule has 0 amide bonds. The van der Waals surface area contributed by atoms with Crippen molar-refractivity contribution in [2.45, 2.75) is 19.6 Å². The first kappa shape index (κ1) is 21.2. The van der Waals surface area contributed by atoms with E-state index < -0.39 is 7.81 Å². The summed E-state index contributed by atoms with van der Waals surface area (Å²) in [5.74, 6) is 0.852. The summed E-state index contributed by atoms with van der Waals surface area (Å²) in [5, 5.41) is 8.93. The molecule has 1 aromatic heterocycles. The van der Waals surface area contributed by atoms with Crippen molar-refractivity contribution in [1.82, 2.24) is 4.57 Å². The molecular formula is C14H19F6N2O2P. The van der Waals surface area contributed by atoms with Gasteiger partial charge in [-0.3, -0.25) is 0 Å². The quantitative estimate of drug-likeness (QED) is 0.336. The Balaban J connectivity index is 0.000000381. The fraction of sp³-hybridized carbons (Fsp3) is 0.357. The van der Waals surface area contributed by atoms with E-state index in [4.69, 9.17) is 9.84 Å². The van der Waals surface area contributed by atoms with Crippen molar-refractivity contribution >= 4 is 7.81 Å². The molecule has 4 nitrogen and oxygen atoms in total. The van der Waals surface area contributed by atoms with Crippen LogP contribution in [0.1, 0.15) is 12.0 Å². The predicted octanol–water partition coefficient (Wildman–Crippen LogP) is 4.66. The number of aryl methyl sites for hydroxylation is 2. The van der Waals surface area contributed by atoms with E-state index in [-0.39, 0.29) is 6.61 Å². The van der Waals surface area contributed by atoms with Crippen molar-refractivity contribution in [2.24, 2.45) is 7.05 Å². The summed E-state index contributed by atoms with van der Waals surface area (Å²) < 4.78 is 69.0. The Hall–Kier alpha value is -1.80. The Bertz CT molecular complexity index is 659. The summed E-state index contributed by atoms with van der Waals surface area (Å²) >= 11 is 0. The van der Waals surface area contributed by atoms with E-state index in [9.17, 15) is 25.2 Å². The molecule has 1 N–H and O–H groups in total. The average molecular weight is 392 g/mol. The van der Waals surface area contributed by atoms with Crippen LogP contribution < -0.4 is 9.30 Å². The molecule has 0 bridgehead atoms. The zero-order valence-corrected chi connectivity index (χ0v) is 14.2. The van der Waals surface area contributed by atoms with Crippen LogP contribution in [0.4, 0.5) is 25.2 Å². The Morgan fingerprint density at radius 1 is 1.08 bits per heavy atom. The Morgan fingerprint density at radius 2 is 1.64 bits per heavy atom. The second-order valence-electron chi connectivity index (χ2n) is 5.28. The SMILES string of the molecule is C[n+]1ccn(CCCOc2ccc(CO)cc2)c1.F[P-](F)(F)(F)(F)F. The molecule has 144 valence electrons. The first-order chi connectivity index (χ1) is 11.2. The summed E-state index contributed by atoms with van der Waals surface area (Å²) in [6.45, 7) is 1.72. The van der Waals surface area contributed by atoms with E-state index >= 15 is 0 Å². The van der Waals surface area contributed by atoms with Crippen LogP contribution in [0.15, 0.2) is 43.0 Å². The maximum absolute atomic E-state index is 10.7. The molecule has 0 aliphatic carbocycles. The molecule has 0 radical (unpaired) electrons. The molecule has 0 atom stereocenters. The van der Waals surface area contributed by atoms with Crippen LogP contribution >= 0.6 is 7.81 Å². The monoisotopic (exact) mass is 392 g/mol. The van der Waals surface area contributed by atoms with E-state index in [0.29, 0.717) is 6.61 Å². The summed E-state index contributed by atoms with van der Waals surface area (Å²) in [4.78, 5) is 0. The van der Waals surface area contributed by atoms with E-state index in [1.165, 1.54) is 0 Å². The first-order valence-corrected chi connectivity index (χ1v) is 9.16. The van der Waals surface area contributed by atoms with Gasteiger partial charge in [0.2, 0.25) is 6.33 Å². The number of hydrogen-bond acceptors (Lipinski definition) is 2. The van der Waals surface area contributed by atoms with Gasteiger partial charge in [0.25, 0.3) is 0 Å². The normalized spacial score (nSPS) is 14.1. The summed E-state index contributed by atoms with van der Waals surface area (Å²) in [6.07, 6.45) is 7.09. The second-order valence-corrected chi connectivity index (χ2v) is 7.20. The van der Waals surface area contributed by atoms with Crippen molar-refractivity contribution in [3.05, 3.63) is 48.5 Å². The van der Waals surface area contributed by atoms with Gasteiger partial charge in [0.1, 0.15) is 18.1 Å². The van der Waals surface area contributed by atoms with Crippen molar-refractivity contribution in [1.29, 1.82) is 0 Å². The second kappa shape index (κ2) is 7.21. The third kappa shape index (κ3) is 13.2. The molecule has 1 aromatic carbocycles. The van der Waals surface area contributed by atoms with Crippen molar-refractivity contribution in [3.8, 4) is 5.75 Å². The van der Waals surface area contributed by atoms with Gasteiger partial charge < -0.3 is 9.84 Å². The fourth-order valence-corrected chi connectivity index (χ4v) is 1.76. The van der Waals surface area contributed by atoms with E-state index in [2.05, 4.69) is 17.1 Å². The van der Waals surface area contributed by atoms with Crippen LogP contribution in [0.25, 0.3) is 0 Å². The molecule has 0 aliphatic heterocycles. The van der Waals surface area contributed by atoms with Gasteiger partial charge in [-0.25, -0.2) is 9.13 Å². The average Bonchev–Trinajstić information content (AvgIpc) is 2.86. The molecule has 0 spiro atoms. The molecule has 2 aromatic rings. The summed E-state index contributed by atoms with van der Waals surface area (Å²) in [6, 6.07) is 7.53. The Kier molecular flexibility index (Phi) is 6.13. The topological polar surface area (TPSA) is 38.3 Å². The molecule has 11 heteroatoms. The number of hydrogen-bond donors (Lipinski definition) is 1. The van der Waals surface area contributed by atoms with Crippen LogP contribution in [0, 0.1) is 0 Å². The van der Waals surface area contributed by atoms with Gasteiger partial charge in [0, 0.05) is 6.42 Å². The molecule has 1 heterocycles. The number of aliphatic hydroxyl groups is 1. The van der Waals surface area contributed by atoms with Gasteiger partial charge in [-0.05, 0) is 17.7 Å². The van der Waals surface area contributed by atoms with Crippen molar-refractivity contribution in [3.63, 3.8) is 0 Å².